The Morgan fingerprint density at radius 2 is 1.83 bits per heavy atom. The predicted molar refractivity (Wildman–Crippen MR) is 116 cm³/mol. The summed E-state index contributed by atoms with van der Waals surface area (Å²) in [4.78, 5) is 17.2. The molecule has 0 saturated heterocycles. The van der Waals surface area contributed by atoms with Gasteiger partial charge in [-0.25, -0.2) is 13.4 Å². The van der Waals surface area contributed by atoms with E-state index in [4.69, 9.17) is 0 Å². The fourth-order valence-electron chi connectivity index (χ4n) is 3.66. The Labute approximate surface area is 174 Å². The Bertz CT molecular complexity index is 1150. The molecule has 8 heteroatoms. The van der Waals surface area contributed by atoms with E-state index in [1.54, 1.807) is 19.2 Å². The van der Waals surface area contributed by atoms with E-state index < -0.39 is 10.0 Å². The molecule has 0 spiro atoms. The number of hydrogen-bond acceptors (Lipinski definition) is 5. The molecule has 1 aromatic heterocycles. The first-order valence-electron chi connectivity index (χ1n) is 9.61. The molecule has 0 unspecified atom stereocenters. The van der Waals surface area contributed by atoms with Crippen molar-refractivity contribution in [2.75, 3.05) is 12.4 Å². The summed E-state index contributed by atoms with van der Waals surface area (Å²) in [7, 11) is -1.91. The number of aromatic nitrogens is 1. The van der Waals surface area contributed by atoms with Gasteiger partial charge in [0.1, 0.15) is 0 Å². The quantitative estimate of drug-likeness (QED) is 0.651. The van der Waals surface area contributed by atoms with E-state index in [0.717, 1.165) is 41.5 Å². The number of thiazole rings is 1. The first kappa shape index (κ1) is 20.0. The molecule has 2 aromatic carbocycles. The molecule has 0 bridgehead atoms. The van der Waals surface area contributed by atoms with Crippen LogP contribution in [0.25, 0.3) is 10.2 Å². The lowest BCUT2D eigenvalue weighted by Gasteiger charge is -2.23. The number of nitrogens with one attached hydrogen (secondary N) is 1. The summed E-state index contributed by atoms with van der Waals surface area (Å²) in [6.07, 6.45) is 3.93. The third-order valence-corrected chi connectivity index (χ3v) is 8.25. The van der Waals surface area contributed by atoms with Gasteiger partial charge in [0.2, 0.25) is 10.0 Å². The number of nitrogens with zero attached hydrogens (tertiary/aromatic N) is 2. The van der Waals surface area contributed by atoms with Gasteiger partial charge >= 0.3 is 0 Å². The summed E-state index contributed by atoms with van der Waals surface area (Å²) >= 11 is 1.41. The molecule has 3 aromatic rings. The van der Waals surface area contributed by atoms with Crippen molar-refractivity contribution < 1.29 is 13.2 Å². The number of aryl methyl sites for hydroxylation is 1. The smallest absolute Gasteiger partial charge is 0.257 e. The number of carbonyl (C=O) groups excluding carboxylic acids is 1. The lowest BCUT2D eigenvalue weighted by molar-refractivity contribution is 0.102. The van der Waals surface area contributed by atoms with Crippen molar-refractivity contribution in [1.82, 2.24) is 9.29 Å². The van der Waals surface area contributed by atoms with Crippen molar-refractivity contribution in [2.24, 2.45) is 0 Å². The number of hydrogen-bond donors (Lipinski definition) is 1. The maximum atomic E-state index is 12.8. The number of fused-ring (bicyclic) bond motifs is 1. The van der Waals surface area contributed by atoms with E-state index in [1.807, 2.05) is 25.1 Å². The molecule has 1 heterocycles. The molecule has 1 N–H and O–H groups in total. The minimum Gasteiger partial charge on any atom is -0.298 e. The molecule has 0 atom stereocenters. The molecule has 29 heavy (non-hydrogen) atoms. The Balaban J connectivity index is 1.49. The van der Waals surface area contributed by atoms with Crippen LogP contribution in [0.4, 0.5) is 5.13 Å². The molecule has 0 aliphatic heterocycles. The number of sulfonamides is 1. The highest BCUT2D eigenvalue weighted by molar-refractivity contribution is 7.89. The summed E-state index contributed by atoms with van der Waals surface area (Å²) in [5.74, 6) is -0.311. The van der Waals surface area contributed by atoms with Crippen molar-refractivity contribution in [3.8, 4) is 0 Å². The maximum absolute atomic E-state index is 12.8. The van der Waals surface area contributed by atoms with Crippen LogP contribution in [0.15, 0.2) is 47.4 Å². The largest absolute Gasteiger partial charge is 0.298 e. The van der Waals surface area contributed by atoms with Crippen molar-refractivity contribution >= 4 is 42.6 Å². The average molecular weight is 430 g/mol. The number of rotatable bonds is 5. The highest BCUT2D eigenvalue weighted by Crippen LogP contribution is 2.28. The van der Waals surface area contributed by atoms with Crippen LogP contribution in [0, 0.1) is 6.92 Å². The Hall–Kier alpha value is -2.29. The lowest BCUT2D eigenvalue weighted by Crippen LogP contribution is -2.35. The molecule has 1 saturated carbocycles. The van der Waals surface area contributed by atoms with Crippen LogP contribution in [-0.4, -0.2) is 36.7 Å². The molecule has 1 amide bonds. The van der Waals surface area contributed by atoms with Gasteiger partial charge in [0.15, 0.2) is 5.13 Å². The molecular weight excluding hydrogens is 406 g/mol. The number of carbonyl (C=O) groups is 1. The molecule has 1 fully saturated rings. The van der Waals surface area contributed by atoms with Gasteiger partial charge in [0.05, 0.1) is 15.1 Å². The number of anilines is 1. The van der Waals surface area contributed by atoms with Crippen LogP contribution in [-0.2, 0) is 10.0 Å². The molecular formula is C21H23N3O3S2. The molecule has 152 valence electrons. The van der Waals surface area contributed by atoms with Crippen molar-refractivity contribution in [3.05, 3.63) is 53.6 Å². The molecule has 1 aliphatic carbocycles. The maximum Gasteiger partial charge on any atom is 0.257 e. The van der Waals surface area contributed by atoms with Gasteiger partial charge in [0, 0.05) is 18.7 Å². The fourth-order valence-corrected chi connectivity index (χ4v) is 6.04. The lowest BCUT2D eigenvalue weighted by atomic mass is 10.2. The second-order valence-corrected chi connectivity index (χ2v) is 10.5. The third kappa shape index (κ3) is 4.05. The van der Waals surface area contributed by atoms with Crippen LogP contribution < -0.4 is 5.32 Å². The zero-order valence-electron chi connectivity index (χ0n) is 16.4. The van der Waals surface area contributed by atoms with Gasteiger partial charge in [-0.2, -0.15) is 4.31 Å². The summed E-state index contributed by atoms with van der Waals surface area (Å²) in [5, 5.41) is 3.32. The molecule has 0 radical (unpaired) electrons. The van der Waals surface area contributed by atoms with Crippen LogP contribution in [0.3, 0.4) is 0 Å². The van der Waals surface area contributed by atoms with Crippen molar-refractivity contribution in [2.45, 2.75) is 43.5 Å². The van der Waals surface area contributed by atoms with Gasteiger partial charge < -0.3 is 0 Å². The zero-order valence-corrected chi connectivity index (χ0v) is 18.0. The van der Waals surface area contributed by atoms with E-state index in [0.29, 0.717) is 10.7 Å². The third-order valence-electron chi connectivity index (χ3n) is 5.40. The monoisotopic (exact) mass is 429 g/mol. The number of benzene rings is 2. The number of amides is 1. The standard InChI is InChI=1S/C21H23N3O3S2/c1-14-7-12-18-19(13-14)28-21(22-18)23-20(25)15-8-10-17(11-9-15)29(26,27)24(2)16-5-3-4-6-16/h7-13,16H,3-6H2,1-2H3,(H,22,23,25). The normalized spacial score (nSPS) is 15.3. The SMILES string of the molecule is Cc1ccc2nc(NC(=O)c3ccc(S(=O)(=O)N(C)C4CCCC4)cc3)sc2c1. The Kier molecular flexibility index (Phi) is 5.42. The predicted octanol–water partition coefficient (Wildman–Crippen LogP) is 4.42. The van der Waals surface area contributed by atoms with Crippen LogP contribution in [0.2, 0.25) is 0 Å². The first-order valence-corrected chi connectivity index (χ1v) is 11.9. The van der Waals surface area contributed by atoms with Crippen LogP contribution >= 0.6 is 11.3 Å². The highest BCUT2D eigenvalue weighted by Gasteiger charge is 2.30. The minimum atomic E-state index is -3.55. The van der Waals surface area contributed by atoms with Gasteiger partial charge in [-0.1, -0.05) is 30.2 Å². The summed E-state index contributed by atoms with van der Waals surface area (Å²) < 4.78 is 28.2. The fraction of sp³-hybridized carbons (Fsp3) is 0.333. The van der Waals surface area contributed by atoms with E-state index in [2.05, 4.69) is 10.3 Å². The second-order valence-electron chi connectivity index (χ2n) is 7.43. The highest BCUT2D eigenvalue weighted by atomic mass is 32.2. The topological polar surface area (TPSA) is 79.4 Å². The Morgan fingerprint density at radius 1 is 1.14 bits per heavy atom. The van der Waals surface area contributed by atoms with Crippen molar-refractivity contribution in [3.63, 3.8) is 0 Å². The van der Waals surface area contributed by atoms with E-state index >= 15 is 0 Å². The average Bonchev–Trinajstić information content (AvgIpc) is 3.36. The van der Waals surface area contributed by atoms with E-state index in [1.165, 1.54) is 27.8 Å². The first-order chi connectivity index (χ1) is 13.8. The van der Waals surface area contributed by atoms with Crippen LogP contribution in [0.5, 0.6) is 0 Å². The van der Waals surface area contributed by atoms with Gasteiger partial charge in [0.25, 0.3) is 5.91 Å². The Morgan fingerprint density at radius 3 is 2.52 bits per heavy atom. The summed E-state index contributed by atoms with van der Waals surface area (Å²) in [5.41, 5.74) is 2.37. The zero-order chi connectivity index (χ0) is 20.6. The molecule has 4 rings (SSSR count). The summed E-state index contributed by atoms with van der Waals surface area (Å²) in [6.45, 7) is 2.01. The second kappa shape index (κ2) is 7.85. The van der Waals surface area contributed by atoms with Gasteiger partial charge in [-0.3, -0.25) is 10.1 Å². The van der Waals surface area contributed by atoms with Crippen LogP contribution in [0.1, 0.15) is 41.6 Å². The van der Waals surface area contributed by atoms with E-state index in [9.17, 15) is 13.2 Å². The molecule has 6 nitrogen and oxygen atoms in total. The van der Waals surface area contributed by atoms with Crippen molar-refractivity contribution in [1.29, 1.82) is 0 Å². The van der Waals surface area contributed by atoms with Gasteiger partial charge in [-0.15, -0.1) is 0 Å². The molecule has 1 aliphatic rings. The summed E-state index contributed by atoms with van der Waals surface area (Å²) in [6, 6.07) is 12.1. The minimum absolute atomic E-state index is 0.0608. The van der Waals surface area contributed by atoms with E-state index in [-0.39, 0.29) is 16.8 Å². The van der Waals surface area contributed by atoms with Gasteiger partial charge in [-0.05, 0) is 61.7 Å².